The van der Waals surface area contributed by atoms with Crippen LogP contribution in [0.1, 0.15) is 5.76 Å². The van der Waals surface area contributed by atoms with Crippen molar-refractivity contribution in [1.29, 1.82) is 0 Å². The van der Waals surface area contributed by atoms with Gasteiger partial charge in [-0.3, -0.25) is 4.79 Å². The third-order valence-corrected chi connectivity index (χ3v) is 5.49. The first-order valence-electron chi connectivity index (χ1n) is 6.36. The van der Waals surface area contributed by atoms with Crippen molar-refractivity contribution < 1.29 is 17.6 Å². The molecular weight excluding hydrogens is 356 g/mol. The van der Waals surface area contributed by atoms with E-state index in [1.54, 1.807) is 30.3 Å². The van der Waals surface area contributed by atoms with Crippen molar-refractivity contribution in [1.82, 2.24) is 9.84 Å². The van der Waals surface area contributed by atoms with Crippen LogP contribution in [0, 0.1) is 0 Å². The lowest BCUT2D eigenvalue weighted by Crippen LogP contribution is -2.44. The van der Waals surface area contributed by atoms with E-state index in [0.717, 1.165) is 16.8 Å². The molecule has 0 aliphatic carbocycles. The molecular formula is C14H10N2O4S3. The maximum Gasteiger partial charge on any atom is 0.281 e. The van der Waals surface area contributed by atoms with Crippen LogP contribution in [0.2, 0.25) is 0 Å². The number of hydrogen-bond acceptors (Lipinski definition) is 6. The molecule has 9 heteroatoms. The number of thiocarbonyl (C=S) groups is 1. The maximum atomic E-state index is 12.3. The molecule has 1 saturated heterocycles. The Kier molecular flexibility index (Phi) is 4.35. The highest BCUT2D eigenvalue weighted by atomic mass is 32.2. The van der Waals surface area contributed by atoms with Gasteiger partial charge in [-0.15, -0.1) is 4.83 Å². The van der Waals surface area contributed by atoms with Gasteiger partial charge in [0.05, 0.1) is 16.1 Å². The predicted molar refractivity (Wildman–Crippen MR) is 90.5 cm³/mol. The molecule has 0 spiro atoms. The summed E-state index contributed by atoms with van der Waals surface area (Å²) in [6.45, 7) is 0. The summed E-state index contributed by atoms with van der Waals surface area (Å²) in [6, 6.07) is 11.1. The second kappa shape index (κ2) is 6.28. The van der Waals surface area contributed by atoms with E-state index in [1.807, 2.05) is 0 Å². The fraction of sp³-hybridized carbons (Fsp3) is 0. The van der Waals surface area contributed by atoms with Crippen LogP contribution in [0.3, 0.4) is 0 Å². The molecule has 0 radical (unpaired) electrons. The van der Waals surface area contributed by atoms with Crippen LogP contribution in [0.4, 0.5) is 0 Å². The van der Waals surface area contributed by atoms with Crippen LogP contribution in [0.25, 0.3) is 6.08 Å². The SMILES string of the molecule is O=C1/C(=C\c2ccco2)SC(=S)N1NS(=O)(=O)c1ccccc1. The number of amides is 1. The van der Waals surface area contributed by atoms with Gasteiger partial charge >= 0.3 is 0 Å². The maximum absolute atomic E-state index is 12.3. The monoisotopic (exact) mass is 366 g/mol. The molecule has 118 valence electrons. The third kappa shape index (κ3) is 3.37. The normalized spacial score (nSPS) is 17.2. The summed E-state index contributed by atoms with van der Waals surface area (Å²) in [4.78, 5) is 14.9. The summed E-state index contributed by atoms with van der Waals surface area (Å²) in [5, 5.41) is 0.844. The number of thioether (sulfide) groups is 1. The van der Waals surface area contributed by atoms with Crippen molar-refractivity contribution in [3.8, 4) is 0 Å². The topological polar surface area (TPSA) is 79.6 Å². The zero-order chi connectivity index (χ0) is 16.4. The number of sulfonamides is 1. The van der Waals surface area contributed by atoms with Gasteiger partial charge in [-0.05, 0) is 24.3 Å². The zero-order valence-electron chi connectivity index (χ0n) is 11.5. The number of benzene rings is 1. The summed E-state index contributed by atoms with van der Waals surface area (Å²) >= 11 is 6.08. The first-order valence-corrected chi connectivity index (χ1v) is 9.07. The number of carbonyl (C=O) groups excluding carboxylic acids is 1. The van der Waals surface area contributed by atoms with E-state index in [0.29, 0.717) is 5.76 Å². The van der Waals surface area contributed by atoms with E-state index in [1.165, 1.54) is 24.5 Å². The van der Waals surface area contributed by atoms with Crippen LogP contribution < -0.4 is 4.83 Å². The number of nitrogens with zero attached hydrogens (tertiary/aromatic N) is 1. The minimum Gasteiger partial charge on any atom is -0.465 e. The fourth-order valence-electron chi connectivity index (χ4n) is 1.82. The average Bonchev–Trinajstić information content (AvgIpc) is 3.13. The average molecular weight is 366 g/mol. The van der Waals surface area contributed by atoms with Crippen molar-refractivity contribution in [3.05, 3.63) is 59.4 Å². The molecule has 6 nitrogen and oxygen atoms in total. The molecule has 1 amide bonds. The predicted octanol–water partition coefficient (Wildman–Crippen LogP) is 2.37. The number of furan rings is 1. The smallest absolute Gasteiger partial charge is 0.281 e. The van der Waals surface area contributed by atoms with Crippen LogP contribution in [0.15, 0.2) is 62.9 Å². The molecule has 2 aromatic rings. The van der Waals surface area contributed by atoms with E-state index in [2.05, 4.69) is 4.83 Å². The van der Waals surface area contributed by atoms with Gasteiger partial charge in [0, 0.05) is 6.08 Å². The highest BCUT2D eigenvalue weighted by Crippen LogP contribution is 2.32. The van der Waals surface area contributed by atoms with Crippen molar-refractivity contribution in [2.75, 3.05) is 0 Å². The lowest BCUT2D eigenvalue weighted by Gasteiger charge is -2.15. The highest BCUT2D eigenvalue weighted by molar-refractivity contribution is 8.26. The molecule has 1 aliphatic heterocycles. The molecule has 1 aromatic heterocycles. The van der Waals surface area contributed by atoms with Gasteiger partial charge in [-0.2, -0.15) is 0 Å². The largest absolute Gasteiger partial charge is 0.465 e. The van der Waals surface area contributed by atoms with Crippen molar-refractivity contribution >= 4 is 50.3 Å². The third-order valence-electron chi connectivity index (χ3n) is 2.88. The van der Waals surface area contributed by atoms with Crippen LogP contribution in [0.5, 0.6) is 0 Å². The Bertz CT molecular complexity index is 874. The standard InChI is InChI=1S/C14H10N2O4S3/c17-13-12(9-10-5-4-8-20-10)22-14(21)16(13)15-23(18,19)11-6-2-1-3-7-11/h1-9,15H/b12-9+. The Labute approximate surface area is 142 Å². The van der Waals surface area contributed by atoms with Crippen molar-refractivity contribution in [3.63, 3.8) is 0 Å². The Morgan fingerprint density at radius 2 is 1.91 bits per heavy atom. The first-order chi connectivity index (χ1) is 11.0. The molecule has 1 aliphatic rings. The second-order valence-corrected chi connectivity index (χ2v) is 7.78. The Balaban J connectivity index is 1.84. The van der Waals surface area contributed by atoms with E-state index in [4.69, 9.17) is 16.6 Å². The van der Waals surface area contributed by atoms with Crippen LogP contribution in [-0.2, 0) is 14.8 Å². The molecule has 2 heterocycles. The van der Waals surface area contributed by atoms with Gasteiger partial charge in [-0.25, -0.2) is 13.4 Å². The summed E-state index contributed by atoms with van der Waals surface area (Å²) < 4.78 is 29.8. The summed E-state index contributed by atoms with van der Waals surface area (Å²) in [6.07, 6.45) is 2.99. The number of hydrogen-bond donors (Lipinski definition) is 1. The van der Waals surface area contributed by atoms with Gasteiger partial charge in [0.2, 0.25) is 0 Å². The van der Waals surface area contributed by atoms with E-state index in [9.17, 15) is 13.2 Å². The van der Waals surface area contributed by atoms with Crippen LogP contribution >= 0.6 is 24.0 Å². The number of hydrazine groups is 1. The molecule has 0 bridgehead atoms. The van der Waals surface area contributed by atoms with Crippen molar-refractivity contribution in [2.24, 2.45) is 0 Å². The van der Waals surface area contributed by atoms with E-state index in [-0.39, 0.29) is 14.1 Å². The van der Waals surface area contributed by atoms with Crippen molar-refractivity contribution in [2.45, 2.75) is 4.90 Å². The van der Waals surface area contributed by atoms with E-state index >= 15 is 0 Å². The Hall–Kier alpha value is -1.94. The molecule has 3 rings (SSSR count). The summed E-state index contributed by atoms with van der Waals surface area (Å²) in [5.41, 5.74) is 0. The van der Waals surface area contributed by atoms with Gasteiger partial charge in [0.1, 0.15) is 5.76 Å². The Morgan fingerprint density at radius 1 is 1.17 bits per heavy atom. The quantitative estimate of drug-likeness (QED) is 0.661. The molecule has 1 fully saturated rings. The molecule has 0 saturated carbocycles. The lowest BCUT2D eigenvalue weighted by molar-refractivity contribution is -0.123. The number of carbonyl (C=O) groups is 1. The number of nitrogens with one attached hydrogen (secondary N) is 1. The number of rotatable bonds is 4. The van der Waals surface area contributed by atoms with Gasteiger partial charge in [0.15, 0.2) is 4.32 Å². The highest BCUT2D eigenvalue weighted by Gasteiger charge is 2.35. The molecule has 0 unspecified atom stereocenters. The first kappa shape index (κ1) is 15.9. The Morgan fingerprint density at radius 3 is 2.57 bits per heavy atom. The zero-order valence-corrected chi connectivity index (χ0v) is 14.0. The van der Waals surface area contributed by atoms with Gasteiger partial charge < -0.3 is 4.42 Å². The molecule has 1 aromatic carbocycles. The summed E-state index contributed by atoms with van der Waals surface area (Å²) in [5.74, 6) is -0.0627. The lowest BCUT2D eigenvalue weighted by atomic mass is 10.4. The minimum absolute atomic E-state index is 0.0454. The fourth-order valence-corrected chi connectivity index (χ4v) is 4.13. The molecule has 1 N–H and O–H groups in total. The van der Waals surface area contributed by atoms with Crippen LogP contribution in [-0.4, -0.2) is 23.7 Å². The van der Waals surface area contributed by atoms with E-state index < -0.39 is 15.9 Å². The second-order valence-electron chi connectivity index (χ2n) is 4.44. The minimum atomic E-state index is -3.89. The van der Waals surface area contributed by atoms with Gasteiger partial charge in [-0.1, -0.05) is 42.2 Å². The van der Waals surface area contributed by atoms with Gasteiger partial charge in [0.25, 0.3) is 15.9 Å². The molecule has 0 atom stereocenters. The molecule has 23 heavy (non-hydrogen) atoms. The summed E-state index contributed by atoms with van der Waals surface area (Å²) in [7, 11) is -3.89.